The first-order valence-corrected chi connectivity index (χ1v) is 7.62. The quantitative estimate of drug-likeness (QED) is 0.765. The molecule has 0 spiro atoms. The Labute approximate surface area is 125 Å². The van der Waals surface area contributed by atoms with E-state index in [1.54, 1.807) is 6.92 Å². The Bertz CT molecular complexity index is 421. The highest BCUT2D eigenvalue weighted by atomic mass is 79.9. The maximum atomic E-state index is 11.5. The summed E-state index contributed by atoms with van der Waals surface area (Å²) in [5, 5.41) is 2.80. The van der Waals surface area contributed by atoms with Crippen LogP contribution in [0.3, 0.4) is 0 Å². The number of carbonyl (C=O) groups is 1. The summed E-state index contributed by atoms with van der Waals surface area (Å²) in [5.41, 5.74) is 2.86. The predicted molar refractivity (Wildman–Crippen MR) is 81.9 cm³/mol. The van der Waals surface area contributed by atoms with Crippen molar-refractivity contribution in [3.8, 4) is 0 Å². The molecule has 1 amide bonds. The number of benzene rings is 1. The van der Waals surface area contributed by atoms with Crippen LogP contribution >= 0.6 is 31.9 Å². The molecule has 1 aromatic rings. The molecule has 3 nitrogen and oxygen atoms in total. The lowest BCUT2D eigenvalue weighted by molar-refractivity contribution is 0.168. The van der Waals surface area contributed by atoms with Crippen LogP contribution in [0.25, 0.3) is 0 Å². The van der Waals surface area contributed by atoms with E-state index in [9.17, 15) is 4.79 Å². The van der Waals surface area contributed by atoms with Crippen molar-refractivity contribution in [1.29, 1.82) is 0 Å². The molecule has 0 fully saturated rings. The third-order valence-electron chi connectivity index (χ3n) is 2.51. The number of anilines is 1. The molecule has 0 radical (unpaired) electrons. The van der Waals surface area contributed by atoms with Crippen molar-refractivity contribution in [2.24, 2.45) is 0 Å². The molecule has 0 bridgehead atoms. The zero-order valence-corrected chi connectivity index (χ0v) is 13.8. The Hall–Kier alpha value is -0.550. The second-order valence-electron chi connectivity index (χ2n) is 3.96. The summed E-state index contributed by atoms with van der Waals surface area (Å²) in [4.78, 5) is 11.9. The number of hydrogen-bond donors (Lipinski definition) is 1. The standard InChI is InChI=1S/C13H17Br2NO2/c1-4-18-13(17)16-12-8(2)6-5-7-10(12)11(15)9(3)14/h5-7,9,11H,4H2,1-3H3,(H,16,17). The van der Waals surface area contributed by atoms with Crippen molar-refractivity contribution >= 4 is 43.6 Å². The number of amides is 1. The van der Waals surface area contributed by atoms with Crippen molar-refractivity contribution in [1.82, 2.24) is 0 Å². The Balaban J connectivity index is 3.04. The van der Waals surface area contributed by atoms with Gasteiger partial charge in [-0.25, -0.2) is 4.79 Å². The van der Waals surface area contributed by atoms with E-state index in [0.29, 0.717) is 6.61 Å². The van der Waals surface area contributed by atoms with E-state index in [0.717, 1.165) is 16.8 Å². The number of alkyl halides is 2. The van der Waals surface area contributed by atoms with Crippen LogP contribution in [0.2, 0.25) is 0 Å². The van der Waals surface area contributed by atoms with Crippen LogP contribution < -0.4 is 5.32 Å². The van der Waals surface area contributed by atoms with Gasteiger partial charge in [0.05, 0.1) is 17.1 Å². The molecule has 2 atom stereocenters. The van der Waals surface area contributed by atoms with Crippen LogP contribution in [0.5, 0.6) is 0 Å². The second kappa shape index (κ2) is 7.14. The zero-order chi connectivity index (χ0) is 13.7. The van der Waals surface area contributed by atoms with Crippen molar-refractivity contribution in [2.75, 3.05) is 11.9 Å². The first-order chi connectivity index (χ1) is 8.47. The van der Waals surface area contributed by atoms with Crippen LogP contribution in [-0.4, -0.2) is 17.5 Å². The lowest BCUT2D eigenvalue weighted by atomic mass is 10.0. The molecule has 1 aromatic carbocycles. The summed E-state index contributed by atoms with van der Waals surface area (Å²) in [5.74, 6) is 0. The monoisotopic (exact) mass is 377 g/mol. The molecule has 100 valence electrons. The van der Waals surface area contributed by atoms with Crippen molar-refractivity contribution < 1.29 is 9.53 Å². The highest BCUT2D eigenvalue weighted by Crippen LogP contribution is 2.36. The third-order valence-corrected chi connectivity index (χ3v) is 5.03. The molecular weight excluding hydrogens is 362 g/mol. The van der Waals surface area contributed by atoms with Crippen molar-refractivity contribution in [2.45, 2.75) is 30.4 Å². The summed E-state index contributed by atoms with van der Waals surface area (Å²) in [6.07, 6.45) is -0.421. The lowest BCUT2D eigenvalue weighted by Gasteiger charge is -2.19. The summed E-state index contributed by atoms with van der Waals surface area (Å²) >= 11 is 7.17. The van der Waals surface area contributed by atoms with Crippen LogP contribution in [0.1, 0.15) is 29.8 Å². The summed E-state index contributed by atoms with van der Waals surface area (Å²) in [6, 6.07) is 5.93. The molecular formula is C13H17Br2NO2. The van der Waals surface area contributed by atoms with Gasteiger partial charge in [-0.1, -0.05) is 57.0 Å². The average molecular weight is 379 g/mol. The van der Waals surface area contributed by atoms with E-state index >= 15 is 0 Å². The Morgan fingerprint density at radius 3 is 2.67 bits per heavy atom. The molecule has 1 N–H and O–H groups in total. The number of rotatable bonds is 4. The SMILES string of the molecule is CCOC(=O)Nc1c(C)cccc1C(Br)C(C)Br. The molecule has 5 heteroatoms. The molecule has 2 unspecified atom stereocenters. The van der Waals surface area contributed by atoms with E-state index in [1.165, 1.54) is 0 Å². The average Bonchev–Trinajstić information content (AvgIpc) is 2.31. The van der Waals surface area contributed by atoms with Crippen LogP contribution in [0, 0.1) is 6.92 Å². The van der Waals surface area contributed by atoms with Gasteiger partial charge in [-0.3, -0.25) is 5.32 Å². The molecule has 0 aliphatic carbocycles. The highest BCUT2D eigenvalue weighted by molar-refractivity contribution is 9.12. The first kappa shape index (κ1) is 15.5. The van der Waals surface area contributed by atoms with Gasteiger partial charge >= 0.3 is 6.09 Å². The summed E-state index contributed by atoms with van der Waals surface area (Å²) in [7, 11) is 0. The summed E-state index contributed by atoms with van der Waals surface area (Å²) < 4.78 is 4.92. The minimum Gasteiger partial charge on any atom is -0.450 e. The van der Waals surface area contributed by atoms with Gasteiger partial charge in [0.25, 0.3) is 0 Å². The number of hydrogen-bond acceptors (Lipinski definition) is 2. The van der Waals surface area contributed by atoms with E-state index < -0.39 is 6.09 Å². The molecule has 0 saturated heterocycles. The molecule has 18 heavy (non-hydrogen) atoms. The fraction of sp³-hybridized carbons (Fsp3) is 0.462. The molecule has 0 aromatic heterocycles. The zero-order valence-electron chi connectivity index (χ0n) is 10.7. The fourth-order valence-electron chi connectivity index (χ4n) is 1.61. The van der Waals surface area contributed by atoms with Crippen LogP contribution in [0.4, 0.5) is 10.5 Å². The lowest BCUT2D eigenvalue weighted by Crippen LogP contribution is -2.16. The Morgan fingerprint density at radius 2 is 2.11 bits per heavy atom. The van der Waals surface area contributed by atoms with E-state index in [1.807, 2.05) is 25.1 Å². The highest BCUT2D eigenvalue weighted by Gasteiger charge is 2.19. The van der Waals surface area contributed by atoms with Gasteiger partial charge < -0.3 is 4.74 Å². The van der Waals surface area contributed by atoms with Crippen LogP contribution in [0.15, 0.2) is 18.2 Å². The number of carbonyl (C=O) groups excluding carboxylic acids is 1. The van der Waals surface area contributed by atoms with E-state index in [2.05, 4.69) is 44.1 Å². The van der Waals surface area contributed by atoms with E-state index in [-0.39, 0.29) is 9.65 Å². The van der Waals surface area contributed by atoms with Crippen molar-refractivity contribution in [3.05, 3.63) is 29.3 Å². The maximum Gasteiger partial charge on any atom is 0.411 e. The fourth-order valence-corrected chi connectivity index (χ4v) is 2.27. The molecule has 0 saturated carbocycles. The van der Waals surface area contributed by atoms with Gasteiger partial charge in [0.1, 0.15) is 0 Å². The largest absolute Gasteiger partial charge is 0.450 e. The molecule has 0 aliphatic heterocycles. The first-order valence-electron chi connectivity index (χ1n) is 5.78. The predicted octanol–water partition coefficient (Wildman–Crippen LogP) is 4.78. The van der Waals surface area contributed by atoms with Crippen molar-refractivity contribution in [3.63, 3.8) is 0 Å². The number of ether oxygens (including phenoxy) is 1. The smallest absolute Gasteiger partial charge is 0.411 e. The van der Waals surface area contributed by atoms with Gasteiger partial charge in [0, 0.05) is 4.83 Å². The van der Waals surface area contributed by atoms with Gasteiger partial charge in [-0.05, 0) is 25.0 Å². The van der Waals surface area contributed by atoms with Gasteiger partial charge in [0.15, 0.2) is 0 Å². The van der Waals surface area contributed by atoms with E-state index in [4.69, 9.17) is 4.74 Å². The van der Waals surface area contributed by atoms with Gasteiger partial charge in [0.2, 0.25) is 0 Å². The molecule has 0 heterocycles. The summed E-state index contributed by atoms with van der Waals surface area (Å²) in [6.45, 7) is 6.16. The third kappa shape index (κ3) is 3.99. The number of nitrogens with one attached hydrogen (secondary N) is 1. The molecule has 0 aliphatic rings. The van der Waals surface area contributed by atoms with Gasteiger partial charge in [-0.2, -0.15) is 0 Å². The normalized spacial score (nSPS) is 13.8. The minimum absolute atomic E-state index is 0.120. The second-order valence-corrected chi connectivity index (χ2v) is 6.39. The van der Waals surface area contributed by atoms with Crippen LogP contribution in [-0.2, 0) is 4.74 Å². The maximum absolute atomic E-state index is 11.5. The minimum atomic E-state index is -0.421. The number of aryl methyl sites for hydroxylation is 1. The van der Waals surface area contributed by atoms with Gasteiger partial charge in [-0.15, -0.1) is 0 Å². The Morgan fingerprint density at radius 1 is 1.44 bits per heavy atom. The topological polar surface area (TPSA) is 38.3 Å². The number of halogens is 2. The number of para-hydroxylation sites is 1. The Kier molecular flexibility index (Phi) is 6.15. The molecule has 1 rings (SSSR count).